The summed E-state index contributed by atoms with van der Waals surface area (Å²) in [7, 11) is 0. The Morgan fingerprint density at radius 3 is 2.72 bits per heavy atom. The predicted molar refractivity (Wildman–Crippen MR) is 76.8 cm³/mol. The number of halogens is 1. The van der Waals surface area contributed by atoms with Gasteiger partial charge >= 0.3 is 5.97 Å². The highest BCUT2D eigenvalue weighted by Gasteiger charge is 2.16. The summed E-state index contributed by atoms with van der Waals surface area (Å²) in [5.41, 5.74) is 4.20. The molecular formula is C15H17BrO2. The van der Waals surface area contributed by atoms with Crippen LogP contribution in [-0.2, 0) is 4.74 Å². The van der Waals surface area contributed by atoms with Crippen LogP contribution < -0.4 is 0 Å². The third-order valence-corrected chi connectivity index (χ3v) is 3.96. The standard InChI is InChI=1S/C15H17BrO2/c1-3-18-15(17)12-8-10(2)7-11(9-12)13-5-4-6-14(13)16/h7-9H,3-6H2,1-2H3. The first-order valence-corrected chi connectivity index (χ1v) is 7.08. The van der Waals surface area contributed by atoms with Crippen molar-refractivity contribution in [2.75, 3.05) is 6.61 Å². The lowest BCUT2D eigenvalue weighted by atomic mass is 10.00. The van der Waals surface area contributed by atoms with Crippen molar-refractivity contribution in [3.8, 4) is 0 Å². The Morgan fingerprint density at radius 1 is 1.33 bits per heavy atom. The maximum Gasteiger partial charge on any atom is 0.338 e. The van der Waals surface area contributed by atoms with Gasteiger partial charge in [-0.05, 0) is 66.4 Å². The molecule has 1 aliphatic carbocycles. The van der Waals surface area contributed by atoms with Gasteiger partial charge in [0, 0.05) is 0 Å². The Morgan fingerprint density at radius 2 is 2.11 bits per heavy atom. The number of benzene rings is 1. The number of aryl methyl sites for hydroxylation is 1. The van der Waals surface area contributed by atoms with Crippen LogP contribution in [0, 0.1) is 6.92 Å². The number of hydrogen-bond acceptors (Lipinski definition) is 2. The maximum atomic E-state index is 11.8. The van der Waals surface area contributed by atoms with Gasteiger partial charge in [-0.25, -0.2) is 4.79 Å². The van der Waals surface area contributed by atoms with Crippen LogP contribution in [0.5, 0.6) is 0 Å². The van der Waals surface area contributed by atoms with E-state index < -0.39 is 0 Å². The number of ether oxygens (including phenoxy) is 1. The van der Waals surface area contributed by atoms with E-state index >= 15 is 0 Å². The third-order valence-electron chi connectivity index (χ3n) is 3.09. The average molecular weight is 309 g/mol. The molecule has 0 saturated heterocycles. The fourth-order valence-corrected chi connectivity index (χ4v) is 3.00. The lowest BCUT2D eigenvalue weighted by Gasteiger charge is -2.09. The second-order valence-corrected chi connectivity index (χ2v) is 5.50. The minimum absolute atomic E-state index is 0.239. The van der Waals surface area contributed by atoms with Gasteiger partial charge in [0.2, 0.25) is 0 Å². The quantitative estimate of drug-likeness (QED) is 0.771. The molecule has 0 bridgehead atoms. The molecule has 0 N–H and O–H groups in total. The lowest BCUT2D eigenvalue weighted by Crippen LogP contribution is -2.05. The predicted octanol–water partition coefficient (Wildman–Crippen LogP) is 4.46. The van der Waals surface area contributed by atoms with E-state index in [0.29, 0.717) is 12.2 Å². The van der Waals surface area contributed by atoms with Crippen molar-refractivity contribution in [1.82, 2.24) is 0 Å². The molecule has 18 heavy (non-hydrogen) atoms. The van der Waals surface area contributed by atoms with Gasteiger partial charge in [0.25, 0.3) is 0 Å². The molecular weight excluding hydrogens is 292 g/mol. The lowest BCUT2D eigenvalue weighted by molar-refractivity contribution is 0.0526. The highest BCUT2D eigenvalue weighted by Crippen LogP contribution is 2.37. The molecule has 96 valence electrons. The highest BCUT2D eigenvalue weighted by molar-refractivity contribution is 9.11. The summed E-state index contributed by atoms with van der Waals surface area (Å²) in [5, 5.41) is 0. The first kappa shape index (κ1) is 13.3. The second kappa shape index (κ2) is 5.70. The van der Waals surface area contributed by atoms with E-state index in [9.17, 15) is 4.79 Å². The van der Waals surface area contributed by atoms with E-state index in [1.165, 1.54) is 16.5 Å². The van der Waals surface area contributed by atoms with Crippen LogP contribution in [0.3, 0.4) is 0 Å². The van der Waals surface area contributed by atoms with Crippen LogP contribution in [0.2, 0.25) is 0 Å². The minimum Gasteiger partial charge on any atom is -0.462 e. The van der Waals surface area contributed by atoms with Crippen LogP contribution >= 0.6 is 15.9 Å². The Kier molecular flexibility index (Phi) is 4.23. The van der Waals surface area contributed by atoms with E-state index in [4.69, 9.17) is 4.74 Å². The number of esters is 1. The molecule has 0 amide bonds. The van der Waals surface area contributed by atoms with Crippen LogP contribution in [0.4, 0.5) is 0 Å². The zero-order valence-corrected chi connectivity index (χ0v) is 12.3. The second-order valence-electron chi connectivity index (χ2n) is 4.55. The molecule has 1 aromatic carbocycles. The van der Waals surface area contributed by atoms with E-state index in [-0.39, 0.29) is 5.97 Å². The fraction of sp³-hybridized carbons (Fsp3) is 0.400. The summed E-state index contributed by atoms with van der Waals surface area (Å²) in [6.07, 6.45) is 3.35. The summed E-state index contributed by atoms with van der Waals surface area (Å²) in [6, 6.07) is 5.95. The average Bonchev–Trinajstić information content (AvgIpc) is 2.75. The number of hydrogen-bond donors (Lipinski definition) is 0. The van der Waals surface area contributed by atoms with Gasteiger partial charge in [-0.3, -0.25) is 0 Å². The minimum atomic E-state index is -0.239. The zero-order chi connectivity index (χ0) is 13.1. The summed E-state index contributed by atoms with van der Waals surface area (Å²) in [5.74, 6) is -0.239. The number of allylic oxidation sites excluding steroid dienone is 2. The van der Waals surface area contributed by atoms with Gasteiger partial charge in [0.05, 0.1) is 12.2 Å². The molecule has 0 aliphatic heterocycles. The van der Waals surface area contributed by atoms with E-state index in [0.717, 1.165) is 24.0 Å². The Hall–Kier alpha value is -1.09. The molecule has 3 heteroatoms. The van der Waals surface area contributed by atoms with Crippen molar-refractivity contribution in [3.63, 3.8) is 0 Å². The summed E-state index contributed by atoms with van der Waals surface area (Å²) >= 11 is 3.62. The van der Waals surface area contributed by atoms with Crippen molar-refractivity contribution in [3.05, 3.63) is 39.4 Å². The smallest absolute Gasteiger partial charge is 0.338 e. The zero-order valence-electron chi connectivity index (χ0n) is 10.8. The molecule has 0 aromatic heterocycles. The molecule has 0 fully saturated rings. The third kappa shape index (κ3) is 2.83. The van der Waals surface area contributed by atoms with Crippen molar-refractivity contribution < 1.29 is 9.53 Å². The van der Waals surface area contributed by atoms with E-state index in [2.05, 4.69) is 22.0 Å². The van der Waals surface area contributed by atoms with Crippen LogP contribution in [0.25, 0.3) is 5.57 Å². The van der Waals surface area contributed by atoms with E-state index in [1.807, 2.05) is 26.0 Å². The molecule has 0 saturated carbocycles. The van der Waals surface area contributed by atoms with Gasteiger partial charge < -0.3 is 4.74 Å². The SMILES string of the molecule is CCOC(=O)c1cc(C)cc(C2=C(Br)CCC2)c1. The van der Waals surface area contributed by atoms with Gasteiger partial charge in [0.15, 0.2) is 0 Å². The molecule has 0 unspecified atom stereocenters. The van der Waals surface area contributed by atoms with Crippen LogP contribution in [0.1, 0.15) is 47.7 Å². The molecule has 1 aromatic rings. The van der Waals surface area contributed by atoms with Gasteiger partial charge in [-0.15, -0.1) is 0 Å². The van der Waals surface area contributed by atoms with Crippen molar-refractivity contribution in [1.29, 1.82) is 0 Å². The molecule has 0 heterocycles. The largest absolute Gasteiger partial charge is 0.462 e. The monoisotopic (exact) mass is 308 g/mol. The summed E-state index contributed by atoms with van der Waals surface area (Å²) in [4.78, 5) is 11.8. The maximum absolute atomic E-state index is 11.8. The van der Waals surface area contributed by atoms with Crippen LogP contribution in [-0.4, -0.2) is 12.6 Å². The van der Waals surface area contributed by atoms with Crippen molar-refractivity contribution in [2.45, 2.75) is 33.1 Å². The molecule has 2 rings (SSSR count). The molecule has 0 radical (unpaired) electrons. The Balaban J connectivity index is 2.38. The number of carbonyl (C=O) groups excluding carboxylic acids is 1. The topological polar surface area (TPSA) is 26.3 Å². The number of carbonyl (C=O) groups is 1. The molecule has 0 spiro atoms. The van der Waals surface area contributed by atoms with Gasteiger partial charge in [-0.1, -0.05) is 22.0 Å². The van der Waals surface area contributed by atoms with Crippen molar-refractivity contribution >= 4 is 27.5 Å². The van der Waals surface area contributed by atoms with E-state index in [1.54, 1.807) is 0 Å². The first-order chi connectivity index (χ1) is 8.61. The normalized spacial score (nSPS) is 15.1. The first-order valence-electron chi connectivity index (χ1n) is 6.28. The molecule has 0 atom stereocenters. The van der Waals surface area contributed by atoms with Gasteiger partial charge in [-0.2, -0.15) is 0 Å². The highest BCUT2D eigenvalue weighted by atomic mass is 79.9. The summed E-state index contributed by atoms with van der Waals surface area (Å²) < 4.78 is 6.33. The Labute approximate surface area is 116 Å². The Bertz CT molecular complexity index is 503. The number of rotatable bonds is 3. The molecule has 2 nitrogen and oxygen atoms in total. The fourth-order valence-electron chi connectivity index (χ4n) is 2.30. The summed E-state index contributed by atoms with van der Waals surface area (Å²) in [6.45, 7) is 4.24. The van der Waals surface area contributed by atoms with Gasteiger partial charge in [0.1, 0.15) is 0 Å². The van der Waals surface area contributed by atoms with Crippen molar-refractivity contribution in [2.24, 2.45) is 0 Å². The molecule has 1 aliphatic rings. The van der Waals surface area contributed by atoms with Crippen LogP contribution in [0.15, 0.2) is 22.7 Å².